The van der Waals surface area contributed by atoms with E-state index in [1.807, 2.05) is 0 Å². The van der Waals surface area contributed by atoms with Crippen molar-refractivity contribution >= 4 is 0 Å². The summed E-state index contributed by atoms with van der Waals surface area (Å²) in [6.45, 7) is 1.73. The van der Waals surface area contributed by atoms with Crippen LogP contribution in [0.25, 0.3) is 0 Å². The van der Waals surface area contributed by atoms with E-state index >= 15 is 0 Å². The molecule has 0 aliphatic carbocycles. The van der Waals surface area contributed by atoms with Gasteiger partial charge in [-0.15, -0.1) is 0 Å². The number of hydrogen-bond donors (Lipinski definition) is 1. The fourth-order valence-corrected chi connectivity index (χ4v) is 2.18. The summed E-state index contributed by atoms with van der Waals surface area (Å²) in [6.07, 6.45) is 6.67. The van der Waals surface area contributed by atoms with E-state index in [-0.39, 0.29) is 6.61 Å². The lowest BCUT2D eigenvalue weighted by Gasteiger charge is -2.18. The lowest BCUT2D eigenvalue weighted by molar-refractivity contribution is 0.225. The van der Waals surface area contributed by atoms with E-state index in [4.69, 9.17) is 9.84 Å². The van der Waals surface area contributed by atoms with Gasteiger partial charge in [0.2, 0.25) is 5.88 Å². The van der Waals surface area contributed by atoms with Gasteiger partial charge in [-0.3, -0.25) is 4.98 Å². The molecule has 0 bridgehead atoms. The third kappa shape index (κ3) is 3.38. The third-order valence-electron chi connectivity index (χ3n) is 3.20. The second-order valence-electron chi connectivity index (χ2n) is 4.42. The van der Waals surface area contributed by atoms with Gasteiger partial charge in [-0.2, -0.15) is 0 Å². The van der Waals surface area contributed by atoms with Gasteiger partial charge < -0.3 is 14.7 Å². The second-order valence-corrected chi connectivity index (χ2v) is 4.42. The summed E-state index contributed by atoms with van der Waals surface area (Å²) >= 11 is 0. The minimum Gasteiger partial charge on any atom is -0.477 e. The van der Waals surface area contributed by atoms with Crippen LogP contribution in [0.1, 0.15) is 25.0 Å². The second kappa shape index (κ2) is 5.93. The van der Waals surface area contributed by atoms with Crippen LogP contribution in [0.4, 0.5) is 0 Å². The van der Waals surface area contributed by atoms with Gasteiger partial charge in [0.15, 0.2) is 0 Å². The van der Waals surface area contributed by atoms with Gasteiger partial charge in [-0.05, 0) is 32.9 Å². The van der Waals surface area contributed by atoms with E-state index in [1.54, 1.807) is 6.20 Å². The first-order valence-electron chi connectivity index (χ1n) is 6.04. The van der Waals surface area contributed by atoms with Crippen LogP contribution in [0.15, 0.2) is 12.4 Å². The first-order chi connectivity index (χ1) is 8.29. The molecule has 0 spiro atoms. The molecular formula is C12H19N3O2. The van der Waals surface area contributed by atoms with Gasteiger partial charge in [0.25, 0.3) is 0 Å². The topological polar surface area (TPSA) is 58.5 Å². The lowest BCUT2D eigenvalue weighted by Crippen LogP contribution is -2.26. The Morgan fingerprint density at radius 2 is 2.41 bits per heavy atom. The third-order valence-corrected chi connectivity index (χ3v) is 3.20. The molecule has 5 heteroatoms. The monoisotopic (exact) mass is 237 g/mol. The van der Waals surface area contributed by atoms with Crippen molar-refractivity contribution in [1.29, 1.82) is 0 Å². The molecule has 1 unspecified atom stereocenters. The zero-order valence-electron chi connectivity index (χ0n) is 10.2. The molecular weight excluding hydrogens is 218 g/mol. The van der Waals surface area contributed by atoms with Crippen LogP contribution in [-0.2, 0) is 6.61 Å². The fourth-order valence-electron chi connectivity index (χ4n) is 2.18. The van der Waals surface area contributed by atoms with Crippen molar-refractivity contribution in [3.8, 4) is 5.88 Å². The molecule has 1 atom stereocenters. The van der Waals surface area contributed by atoms with Crippen molar-refractivity contribution in [3.63, 3.8) is 0 Å². The summed E-state index contributed by atoms with van der Waals surface area (Å²) in [5, 5.41) is 8.93. The predicted molar refractivity (Wildman–Crippen MR) is 63.7 cm³/mol. The summed E-state index contributed by atoms with van der Waals surface area (Å²) in [7, 11) is 2.16. The molecule has 2 rings (SSSR count). The Bertz CT molecular complexity index is 359. The number of nitrogens with zero attached hydrogens (tertiary/aromatic N) is 3. The molecule has 1 fully saturated rings. The smallest absolute Gasteiger partial charge is 0.232 e. The zero-order chi connectivity index (χ0) is 12.1. The van der Waals surface area contributed by atoms with Crippen LogP contribution in [-0.4, -0.2) is 46.2 Å². The number of ether oxygens (including phenoxy) is 1. The van der Waals surface area contributed by atoms with E-state index in [9.17, 15) is 0 Å². The Hall–Kier alpha value is -1.20. The molecule has 0 radical (unpaired) electrons. The van der Waals surface area contributed by atoms with Crippen molar-refractivity contribution in [2.45, 2.75) is 31.9 Å². The lowest BCUT2D eigenvalue weighted by atomic mass is 10.1. The van der Waals surface area contributed by atoms with E-state index < -0.39 is 0 Å². The highest BCUT2D eigenvalue weighted by atomic mass is 16.5. The predicted octanol–water partition coefficient (Wildman–Crippen LogP) is 0.832. The molecule has 2 heterocycles. The van der Waals surface area contributed by atoms with Crippen molar-refractivity contribution in [2.75, 3.05) is 20.2 Å². The Morgan fingerprint density at radius 1 is 1.53 bits per heavy atom. The molecule has 1 aromatic heterocycles. The maximum Gasteiger partial charge on any atom is 0.232 e. The number of rotatable bonds is 5. The van der Waals surface area contributed by atoms with Gasteiger partial charge in [0.1, 0.15) is 0 Å². The van der Waals surface area contributed by atoms with Crippen LogP contribution in [0.5, 0.6) is 5.88 Å². The molecule has 94 valence electrons. The van der Waals surface area contributed by atoms with Gasteiger partial charge in [-0.25, -0.2) is 4.98 Å². The van der Waals surface area contributed by atoms with E-state index in [2.05, 4.69) is 21.9 Å². The van der Waals surface area contributed by atoms with Crippen molar-refractivity contribution in [3.05, 3.63) is 18.1 Å². The summed E-state index contributed by atoms with van der Waals surface area (Å²) < 4.78 is 5.55. The highest BCUT2D eigenvalue weighted by molar-refractivity contribution is 5.07. The molecule has 1 aliphatic heterocycles. The van der Waals surface area contributed by atoms with Crippen LogP contribution in [0, 0.1) is 0 Å². The molecule has 5 nitrogen and oxygen atoms in total. The van der Waals surface area contributed by atoms with Crippen molar-refractivity contribution in [1.82, 2.24) is 14.9 Å². The summed E-state index contributed by atoms with van der Waals surface area (Å²) in [4.78, 5) is 10.5. The summed E-state index contributed by atoms with van der Waals surface area (Å²) in [5.41, 5.74) is 0.542. The highest BCUT2D eigenvalue weighted by Crippen LogP contribution is 2.18. The SMILES string of the molecule is CN1CCCC1CCOc1cncc(CO)n1. The molecule has 1 aromatic rings. The van der Waals surface area contributed by atoms with Crippen LogP contribution in [0.3, 0.4) is 0 Å². The molecule has 0 aromatic carbocycles. The molecule has 0 saturated carbocycles. The number of aliphatic hydroxyl groups excluding tert-OH is 1. The van der Waals surface area contributed by atoms with E-state index in [1.165, 1.54) is 25.6 Å². The van der Waals surface area contributed by atoms with Crippen LogP contribution in [0.2, 0.25) is 0 Å². The van der Waals surface area contributed by atoms with E-state index in [0.717, 1.165) is 6.42 Å². The van der Waals surface area contributed by atoms with Crippen molar-refractivity contribution in [2.24, 2.45) is 0 Å². The minimum atomic E-state index is -0.102. The molecule has 1 aliphatic rings. The number of likely N-dealkylation sites (tertiary alicyclic amines) is 1. The summed E-state index contributed by atoms with van der Waals surface area (Å²) in [6, 6.07) is 0.629. The maximum absolute atomic E-state index is 8.93. The normalized spacial score (nSPS) is 20.7. The van der Waals surface area contributed by atoms with E-state index in [0.29, 0.717) is 24.2 Å². The van der Waals surface area contributed by atoms with Crippen LogP contribution < -0.4 is 4.74 Å². The van der Waals surface area contributed by atoms with Gasteiger partial charge in [-0.1, -0.05) is 0 Å². The fraction of sp³-hybridized carbons (Fsp3) is 0.667. The van der Waals surface area contributed by atoms with Gasteiger partial charge in [0, 0.05) is 6.04 Å². The Balaban J connectivity index is 1.77. The number of aromatic nitrogens is 2. The van der Waals surface area contributed by atoms with Crippen LogP contribution >= 0.6 is 0 Å². The Labute approximate surface area is 101 Å². The molecule has 1 N–H and O–H groups in total. The maximum atomic E-state index is 8.93. The first-order valence-corrected chi connectivity index (χ1v) is 6.04. The Morgan fingerprint density at radius 3 is 3.12 bits per heavy atom. The first kappa shape index (κ1) is 12.3. The van der Waals surface area contributed by atoms with Crippen molar-refractivity contribution < 1.29 is 9.84 Å². The van der Waals surface area contributed by atoms with Gasteiger partial charge in [0.05, 0.1) is 31.3 Å². The van der Waals surface area contributed by atoms with Gasteiger partial charge >= 0.3 is 0 Å². The Kier molecular flexibility index (Phi) is 4.28. The molecule has 0 amide bonds. The highest BCUT2D eigenvalue weighted by Gasteiger charge is 2.20. The zero-order valence-corrected chi connectivity index (χ0v) is 10.2. The minimum absolute atomic E-state index is 0.102. The summed E-state index contributed by atoms with van der Waals surface area (Å²) in [5.74, 6) is 0.497. The average molecular weight is 237 g/mol. The average Bonchev–Trinajstić information content (AvgIpc) is 2.76. The molecule has 1 saturated heterocycles. The number of hydrogen-bond acceptors (Lipinski definition) is 5. The quantitative estimate of drug-likeness (QED) is 0.822. The molecule has 17 heavy (non-hydrogen) atoms. The standard InChI is InChI=1S/C12H19N3O2/c1-15-5-2-3-11(15)4-6-17-12-8-13-7-10(9-16)14-12/h7-8,11,16H,2-6,9H2,1H3. The number of aliphatic hydroxyl groups is 1. The largest absolute Gasteiger partial charge is 0.477 e.